The third kappa shape index (κ3) is 3.82. The van der Waals surface area contributed by atoms with E-state index in [4.69, 9.17) is 9.88 Å². The summed E-state index contributed by atoms with van der Waals surface area (Å²) >= 11 is 1.17. The van der Waals surface area contributed by atoms with Crippen molar-refractivity contribution in [1.29, 1.82) is 0 Å². The second-order valence-corrected chi connectivity index (χ2v) is 7.81. The van der Waals surface area contributed by atoms with E-state index in [-0.39, 0.29) is 16.9 Å². The van der Waals surface area contributed by atoms with Crippen molar-refractivity contribution in [3.8, 4) is 0 Å². The average Bonchev–Trinajstić information content (AvgIpc) is 2.81. The van der Waals surface area contributed by atoms with Crippen LogP contribution in [0.1, 0.15) is 34.3 Å². The highest BCUT2D eigenvalue weighted by Crippen LogP contribution is 2.27. The Morgan fingerprint density at radius 2 is 2.10 bits per heavy atom. The van der Waals surface area contributed by atoms with Gasteiger partial charge in [0.15, 0.2) is 0 Å². The summed E-state index contributed by atoms with van der Waals surface area (Å²) < 4.78 is 28.4. The van der Waals surface area contributed by atoms with Gasteiger partial charge < -0.3 is 9.64 Å². The number of amides is 1. The smallest absolute Gasteiger partial charge is 0.263 e. The van der Waals surface area contributed by atoms with Crippen LogP contribution in [0.4, 0.5) is 0 Å². The summed E-state index contributed by atoms with van der Waals surface area (Å²) in [5, 5.41) is 5.14. The van der Waals surface area contributed by atoms with E-state index in [1.54, 1.807) is 11.8 Å². The first-order valence-corrected chi connectivity index (χ1v) is 9.23. The summed E-state index contributed by atoms with van der Waals surface area (Å²) in [7, 11) is -3.77. The molecule has 0 saturated carbocycles. The third-order valence-electron chi connectivity index (χ3n) is 3.52. The summed E-state index contributed by atoms with van der Waals surface area (Å²) in [6, 6.07) is 1.38. The molecule has 1 saturated heterocycles. The fourth-order valence-electron chi connectivity index (χ4n) is 2.47. The summed E-state index contributed by atoms with van der Waals surface area (Å²) in [6.07, 6.45) is 1.84. The van der Waals surface area contributed by atoms with Crippen molar-refractivity contribution < 1.29 is 17.9 Å². The van der Waals surface area contributed by atoms with E-state index < -0.39 is 10.0 Å². The first-order chi connectivity index (χ1) is 9.82. The number of sulfonamides is 1. The fourth-order valence-corrected chi connectivity index (χ4v) is 4.58. The molecule has 2 N–H and O–H groups in total. The van der Waals surface area contributed by atoms with E-state index in [1.165, 1.54) is 17.4 Å². The van der Waals surface area contributed by atoms with Crippen LogP contribution in [0.5, 0.6) is 0 Å². The van der Waals surface area contributed by atoms with Gasteiger partial charge in [-0.05, 0) is 32.8 Å². The molecule has 0 aliphatic carbocycles. The maximum atomic E-state index is 12.4. The molecule has 0 unspecified atom stereocenters. The van der Waals surface area contributed by atoms with Gasteiger partial charge in [-0.2, -0.15) is 0 Å². The molecule has 1 fully saturated rings. The van der Waals surface area contributed by atoms with Crippen LogP contribution in [0, 0.1) is 6.92 Å². The zero-order chi connectivity index (χ0) is 15.6. The van der Waals surface area contributed by atoms with Crippen LogP contribution >= 0.6 is 11.3 Å². The Balaban J connectivity index is 2.08. The third-order valence-corrected chi connectivity index (χ3v) is 5.73. The number of carbonyl (C=O) groups is 1. The van der Waals surface area contributed by atoms with Gasteiger partial charge >= 0.3 is 0 Å². The zero-order valence-electron chi connectivity index (χ0n) is 12.2. The predicted octanol–water partition coefficient (Wildman–Crippen LogP) is 1.35. The van der Waals surface area contributed by atoms with Crippen molar-refractivity contribution in [3.05, 3.63) is 15.8 Å². The number of thiophene rings is 1. The molecule has 0 radical (unpaired) electrons. The highest BCUT2D eigenvalue weighted by Gasteiger charge is 2.26. The highest BCUT2D eigenvalue weighted by atomic mass is 32.2. The SMILES string of the molecule is CCOC1CCN(C(=O)c2cc(S(N)(=O)=O)c(C)s2)CC1. The maximum Gasteiger partial charge on any atom is 0.263 e. The molecule has 0 aromatic carbocycles. The minimum Gasteiger partial charge on any atom is -0.378 e. The predicted molar refractivity (Wildman–Crippen MR) is 81.0 cm³/mol. The van der Waals surface area contributed by atoms with Crippen molar-refractivity contribution in [1.82, 2.24) is 4.90 Å². The van der Waals surface area contributed by atoms with E-state index >= 15 is 0 Å². The first kappa shape index (κ1) is 16.4. The summed E-state index contributed by atoms with van der Waals surface area (Å²) in [4.78, 5) is 15.2. The Hall–Kier alpha value is -0.960. The minimum atomic E-state index is -3.77. The number of nitrogens with zero attached hydrogens (tertiary/aromatic N) is 1. The quantitative estimate of drug-likeness (QED) is 0.901. The van der Waals surface area contributed by atoms with Crippen LogP contribution in [-0.4, -0.2) is 45.0 Å². The molecule has 6 nitrogen and oxygen atoms in total. The molecule has 21 heavy (non-hydrogen) atoms. The topological polar surface area (TPSA) is 89.7 Å². The van der Waals surface area contributed by atoms with Crippen molar-refractivity contribution in [2.24, 2.45) is 5.14 Å². The van der Waals surface area contributed by atoms with Gasteiger partial charge in [-0.1, -0.05) is 0 Å². The van der Waals surface area contributed by atoms with Crippen LogP contribution in [0.25, 0.3) is 0 Å². The lowest BCUT2D eigenvalue weighted by Gasteiger charge is -2.31. The normalized spacial score (nSPS) is 17.2. The molecule has 8 heteroatoms. The number of ether oxygens (including phenoxy) is 1. The summed E-state index contributed by atoms with van der Waals surface area (Å²) in [6.45, 7) is 5.56. The maximum absolute atomic E-state index is 12.4. The second-order valence-electron chi connectivity index (χ2n) is 5.02. The largest absolute Gasteiger partial charge is 0.378 e. The molecule has 1 amide bonds. The number of carbonyl (C=O) groups excluding carboxylic acids is 1. The Labute approximate surface area is 128 Å². The first-order valence-electron chi connectivity index (χ1n) is 6.87. The molecular formula is C13H20N2O4S2. The monoisotopic (exact) mass is 332 g/mol. The van der Waals surface area contributed by atoms with Crippen LogP contribution in [-0.2, 0) is 14.8 Å². The number of nitrogens with two attached hydrogens (primary N) is 1. The van der Waals surface area contributed by atoms with E-state index in [0.29, 0.717) is 29.5 Å². The molecule has 0 atom stereocenters. The molecule has 118 valence electrons. The number of rotatable bonds is 4. The van der Waals surface area contributed by atoms with Crippen molar-refractivity contribution >= 4 is 27.3 Å². The highest BCUT2D eigenvalue weighted by molar-refractivity contribution is 7.89. The van der Waals surface area contributed by atoms with Crippen LogP contribution < -0.4 is 5.14 Å². The fraction of sp³-hybridized carbons (Fsp3) is 0.615. The molecule has 1 aromatic rings. The van der Waals surface area contributed by atoms with Crippen LogP contribution in [0.2, 0.25) is 0 Å². The molecule has 1 aliphatic heterocycles. The molecule has 2 rings (SSSR count). The number of piperidine rings is 1. The lowest BCUT2D eigenvalue weighted by Crippen LogP contribution is -2.40. The van der Waals surface area contributed by atoms with Gasteiger partial charge in [0.25, 0.3) is 5.91 Å². The number of likely N-dealkylation sites (tertiary alicyclic amines) is 1. The van der Waals surface area contributed by atoms with E-state index in [1.807, 2.05) is 6.92 Å². The average molecular weight is 332 g/mol. The minimum absolute atomic E-state index is 0.0417. The molecule has 1 aliphatic rings. The lowest BCUT2D eigenvalue weighted by atomic mass is 10.1. The van der Waals surface area contributed by atoms with Gasteiger partial charge in [-0.25, -0.2) is 13.6 Å². The van der Waals surface area contributed by atoms with Gasteiger partial charge in [0.2, 0.25) is 10.0 Å². The van der Waals surface area contributed by atoms with Gasteiger partial charge in [-0.15, -0.1) is 11.3 Å². The van der Waals surface area contributed by atoms with Crippen molar-refractivity contribution in [3.63, 3.8) is 0 Å². The zero-order valence-corrected chi connectivity index (χ0v) is 13.8. The Kier molecular flexibility index (Phi) is 5.03. The molecule has 1 aromatic heterocycles. The van der Waals surface area contributed by atoms with E-state index in [9.17, 15) is 13.2 Å². The number of aryl methyl sites for hydroxylation is 1. The second kappa shape index (κ2) is 6.43. The van der Waals surface area contributed by atoms with Gasteiger partial charge in [0.05, 0.1) is 15.9 Å². The number of hydrogen-bond donors (Lipinski definition) is 1. The Bertz CT molecular complexity index is 616. The van der Waals surface area contributed by atoms with Gasteiger partial charge in [0.1, 0.15) is 0 Å². The molecular weight excluding hydrogens is 312 g/mol. The van der Waals surface area contributed by atoms with Gasteiger partial charge in [0, 0.05) is 24.6 Å². The van der Waals surface area contributed by atoms with E-state index in [0.717, 1.165) is 12.8 Å². The summed E-state index contributed by atoms with van der Waals surface area (Å²) in [5.74, 6) is -0.132. The van der Waals surface area contributed by atoms with Crippen LogP contribution in [0.3, 0.4) is 0 Å². The van der Waals surface area contributed by atoms with Crippen LogP contribution in [0.15, 0.2) is 11.0 Å². The summed E-state index contributed by atoms with van der Waals surface area (Å²) in [5.41, 5.74) is 0. The molecule has 2 heterocycles. The molecule has 0 bridgehead atoms. The lowest BCUT2D eigenvalue weighted by molar-refractivity contribution is 0.0147. The molecule has 0 spiro atoms. The van der Waals surface area contributed by atoms with Gasteiger partial charge in [-0.3, -0.25) is 4.79 Å². The standard InChI is InChI=1S/C13H20N2O4S2/c1-3-19-10-4-6-15(7-5-10)13(16)11-8-12(9(2)20-11)21(14,17)18/h8,10H,3-7H2,1-2H3,(H2,14,17,18). The van der Waals surface area contributed by atoms with Crippen molar-refractivity contribution in [2.45, 2.75) is 37.7 Å². The van der Waals surface area contributed by atoms with E-state index in [2.05, 4.69) is 0 Å². The number of hydrogen-bond acceptors (Lipinski definition) is 5. The Morgan fingerprint density at radius 3 is 2.57 bits per heavy atom. The van der Waals surface area contributed by atoms with Crippen molar-refractivity contribution in [2.75, 3.05) is 19.7 Å². The Morgan fingerprint density at radius 1 is 1.48 bits per heavy atom. The number of primary sulfonamides is 1.